The normalized spacial score (nSPS) is 14.1. The Kier molecular flexibility index (Phi) is 2.95. The maximum atomic E-state index is 12.1. The lowest BCUT2D eigenvalue weighted by Gasteiger charge is -2.08. The third kappa shape index (κ3) is 2.76. The van der Waals surface area contributed by atoms with Crippen molar-refractivity contribution in [3.8, 4) is 11.1 Å². The average molecular weight is 252 g/mol. The SMILES string of the molecule is Nc1cc(C(=O)NC2CC2)cc(-c2ccccc2)c1. The number of benzene rings is 2. The van der Waals surface area contributed by atoms with E-state index in [1.165, 1.54) is 0 Å². The number of amides is 1. The summed E-state index contributed by atoms with van der Waals surface area (Å²) in [5.74, 6) is -0.0352. The Morgan fingerprint density at radius 2 is 1.79 bits per heavy atom. The van der Waals surface area contributed by atoms with Gasteiger partial charge in [0, 0.05) is 17.3 Å². The maximum Gasteiger partial charge on any atom is 0.251 e. The maximum absolute atomic E-state index is 12.1. The molecule has 96 valence electrons. The molecule has 3 nitrogen and oxygen atoms in total. The van der Waals surface area contributed by atoms with Crippen molar-refractivity contribution >= 4 is 11.6 Å². The van der Waals surface area contributed by atoms with Gasteiger partial charge >= 0.3 is 0 Å². The molecule has 1 aliphatic rings. The van der Waals surface area contributed by atoms with Crippen molar-refractivity contribution in [2.75, 3.05) is 5.73 Å². The van der Waals surface area contributed by atoms with Gasteiger partial charge in [0.05, 0.1) is 0 Å². The zero-order valence-electron chi connectivity index (χ0n) is 10.6. The molecule has 2 aromatic carbocycles. The van der Waals surface area contributed by atoms with Crippen molar-refractivity contribution in [1.82, 2.24) is 5.32 Å². The van der Waals surface area contributed by atoms with Crippen molar-refractivity contribution in [1.29, 1.82) is 0 Å². The molecule has 1 fully saturated rings. The van der Waals surface area contributed by atoms with Crippen LogP contribution >= 0.6 is 0 Å². The monoisotopic (exact) mass is 252 g/mol. The Labute approximate surface area is 112 Å². The number of anilines is 1. The van der Waals surface area contributed by atoms with Gasteiger partial charge in [-0.3, -0.25) is 4.79 Å². The summed E-state index contributed by atoms with van der Waals surface area (Å²) in [6.45, 7) is 0. The number of nitrogen functional groups attached to an aromatic ring is 1. The van der Waals surface area contributed by atoms with Crippen LogP contribution in [0, 0.1) is 0 Å². The average Bonchev–Trinajstić information content (AvgIpc) is 3.23. The van der Waals surface area contributed by atoms with Crippen LogP contribution < -0.4 is 11.1 Å². The van der Waals surface area contributed by atoms with Gasteiger partial charge in [0.1, 0.15) is 0 Å². The van der Waals surface area contributed by atoms with Crippen molar-refractivity contribution in [2.45, 2.75) is 18.9 Å². The molecule has 19 heavy (non-hydrogen) atoms. The highest BCUT2D eigenvalue weighted by molar-refractivity contribution is 5.97. The van der Waals surface area contributed by atoms with Crippen LogP contribution in [0.1, 0.15) is 23.2 Å². The van der Waals surface area contributed by atoms with Crippen LogP contribution in [0.2, 0.25) is 0 Å². The van der Waals surface area contributed by atoms with Crippen molar-refractivity contribution < 1.29 is 4.79 Å². The smallest absolute Gasteiger partial charge is 0.251 e. The second-order valence-corrected chi connectivity index (χ2v) is 4.96. The number of hydrogen-bond acceptors (Lipinski definition) is 2. The third-order valence-electron chi connectivity index (χ3n) is 3.24. The first-order chi connectivity index (χ1) is 9.22. The predicted octanol–water partition coefficient (Wildman–Crippen LogP) is 2.83. The van der Waals surface area contributed by atoms with Crippen molar-refractivity contribution in [2.24, 2.45) is 0 Å². The van der Waals surface area contributed by atoms with Crippen LogP contribution in [0.4, 0.5) is 5.69 Å². The van der Waals surface area contributed by atoms with E-state index in [-0.39, 0.29) is 5.91 Å². The van der Waals surface area contributed by atoms with Gasteiger partial charge in [-0.1, -0.05) is 30.3 Å². The molecular weight excluding hydrogens is 236 g/mol. The quantitative estimate of drug-likeness (QED) is 0.825. The summed E-state index contributed by atoms with van der Waals surface area (Å²) in [7, 11) is 0. The summed E-state index contributed by atoms with van der Waals surface area (Å²) < 4.78 is 0. The standard InChI is InChI=1S/C16H16N2O/c17-14-9-12(11-4-2-1-3-5-11)8-13(10-14)16(19)18-15-6-7-15/h1-5,8-10,15H,6-7,17H2,(H,18,19). The molecule has 3 N–H and O–H groups in total. The summed E-state index contributed by atoms with van der Waals surface area (Å²) in [5.41, 5.74) is 9.18. The molecule has 0 heterocycles. The molecule has 1 amide bonds. The zero-order chi connectivity index (χ0) is 13.2. The van der Waals surface area contributed by atoms with Gasteiger partial charge in [-0.15, -0.1) is 0 Å². The molecular formula is C16H16N2O. The van der Waals surface area contributed by atoms with Crippen molar-refractivity contribution in [3.63, 3.8) is 0 Å². The molecule has 0 aromatic heterocycles. The van der Waals surface area contributed by atoms with Gasteiger partial charge in [0.25, 0.3) is 5.91 Å². The Morgan fingerprint density at radius 1 is 1.05 bits per heavy atom. The van der Waals surface area contributed by atoms with Crippen LogP contribution in [0.5, 0.6) is 0 Å². The summed E-state index contributed by atoms with van der Waals surface area (Å²) in [6.07, 6.45) is 2.17. The number of rotatable bonds is 3. The topological polar surface area (TPSA) is 55.1 Å². The van der Waals surface area contributed by atoms with Crippen LogP contribution in [0.25, 0.3) is 11.1 Å². The van der Waals surface area contributed by atoms with E-state index in [2.05, 4.69) is 5.32 Å². The molecule has 1 aliphatic carbocycles. The Balaban J connectivity index is 1.93. The first-order valence-corrected chi connectivity index (χ1v) is 6.49. The summed E-state index contributed by atoms with van der Waals surface area (Å²) in [6, 6.07) is 15.8. The van der Waals surface area contributed by atoms with Gasteiger partial charge < -0.3 is 11.1 Å². The Bertz CT molecular complexity index is 603. The second-order valence-electron chi connectivity index (χ2n) is 4.96. The molecule has 0 aliphatic heterocycles. The van der Waals surface area contributed by atoms with E-state index < -0.39 is 0 Å². The molecule has 0 atom stereocenters. The fourth-order valence-corrected chi connectivity index (χ4v) is 2.08. The molecule has 0 bridgehead atoms. The fraction of sp³-hybridized carbons (Fsp3) is 0.188. The largest absolute Gasteiger partial charge is 0.399 e. The highest BCUT2D eigenvalue weighted by atomic mass is 16.1. The lowest BCUT2D eigenvalue weighted by atomic mass is 10.0. The van der Waals surface area contributed by atoms with Crippen molar-refractivity contribution in [3.05, 3.63) is 54.1 Å². The first kappa shape index (κ1) is 11.8. The zero-order valence-corrected chi connectivity index (χ0v) is 10.6. The van der Waals surface area contributed by atoms with Crippen LogP contribution in [-0.4, -0.2) is 11.9 Å². The van der Waals surface area contributed by atoms with E-state index in [9.17, 15) is 4.79 Å². The highest BCUT2D eigenvalue weighted by Crippen LogP contribution is 2.24. The molecule has 0 unspecified atom stereocenters. The number of nitrogens with two attached hydrogens (primary N) is 1. The van der Waals surface area contributed by atoms with Gasteiger partial charge in [-0.05, 0) is 42.2 Å². The third-order valence-corrected chi connectivity index (χ3v) is 3.24. The summed E-state index contributed by atoms with van der Waals surface area (Å²) >= 11 is 0. The van der Waals surface area contributed by atoms with Gasteiger partial charge in [-0.25, -0.2) is 0 Å². The van der Waals surface area contributed by atoms with E-state index in [1.807, 2.05) is 42.5 Å². The highest BCUT2D eigenvalue weighted by Gasteiger charge is 2.24. The van der Waals surface area contributed by atoms with E-state index in [0.717, 1.165) is 24.0 Å². The number of nitrogens with one attached hydrogen (secondary N) is 1. The minimum absolute atomic E-state index is 0.0352. The Hall–Kier alpha value is -2.29. The minimum Gasteiger partial charge on any atom is -0.399 e. The second kappa shape index (κ2) is 4.76. The molecule has 2 aromatic rings. The van der Waals surface area contributed by atoms with Crippen LogP contribution in [-0.2, 0) is 0 Å². The lowest BCUT2D eigenvalue weighted by molar-refractivity contribution is 0.0951. The van der Waals surface area contributed by atoms with Gasteiger partial charge in [-0.2, -0.15) is 0 Å². The fourth-order valence-electron chi connectivity index (χ4n) is 2.08. The van der Waals surface area contributed by atoms with Gasteiger partial charge in [0.2, 0.25) is 0 Å². The minimum atomic E-state index is -0.0352. The molecule has 0 saturated heterocycles. The summed E-state index contributed by atoms with van der Waals surface area (Å²) in [5, 5.41) is 2.98. The van der Waals surface area contributed by atoms with E-state index in [0.29, 0.717) is 17.3 Å². The predicted molar refractivity (Wildman–Crippen MR) is 76.8 cm³/mol. The van der Waals surface area contributed by atoms with Crippen LogP contribution in [0.3, 0.4) is 0 Å². The molecule has 3 rings (SSSR count). The number of carbonyl (C=O) groups excluding carboxylic acids is 1. The molecule has 3 heteroatoms. The summed E-state index contributed by atoms with van der Waals surface area (Å²) in [4.78, 5) is 12.1. The first-order valence-electron chi connectivity index (χ1n) is 6.49. The Morgan fingerprint density at radius 3 is 2.47 bits per heavy atom. The number of hydrogen-bond donors (Lipinski definition) is 2. The van der Waals surface area contributed by atoms with E-state index in [1.54, 1.807) is 6.07 Å². The number of carbonyl (C=O) groups is 1. The van der Waals surface area contributed by atoms with Gasteiger partial charge in [0.15, 0.2) is 0 Å². The van der Waals surface area contributed by atoms with E-state index >= 15 is 0 Å². The van der Waals surface area contributed by atoms with E-state index in [4.69, 9.17) is 5.73 Å². The molecule has 0 radical (unpaired) electrons. The van der Waals surface area contributed by atoms with Crippen LogP contribution in [0.15, 0.2) is 48.5 Å². The molecule has 1 saturated carbocycles. The molecule has 0 spiro atoms. The lowest BCUT2D eigenvalue weighted by Crippen LogP contribution is -2.25.